The molecule has 2 aromatic carbocycles. The smallest absolute Gasteiger partial charge is 0.348 e. The molecule has 0 radical (unpaired) electrons. The Morgan fingerprint density at radius 1 is 1.04 bits per heavy atom. The first-order valence-electron chi connectivity index (χ1n) is 7.95. The highest BCUT2D eigenvalue weighted by Gasteiger charge is 2.15. The van der Waals surface area contributed by atoms with Crippen molar-refractivity contribution in [2.75, 3.05) is 17.2 Å². The number of hydrogen-bond donors (Lipinski definition) is 2. The number of fused-ring (bicyclic) bond motifs is 1. The number of ether oxygens (including phenoxy) is 1. The van der Waals surface area contributed by atoms with Gasteiger partial charge in [0.2, 0.25) is 5.91 Å². The number of carbonyl (C=O) groups excluding carboxylic acids is 3. The number of carbonyl (C=O) groups is 3. The monoisotopic (exact) mass is 386 g/mol. The molecule has 0 saturated heterocycles. The van der Waals surface area contributed by atoms with Crippen LogP contribution >= 0.6 is 11.3 Å². The van der Waals surface area contributed by atoms with Crippen LogP contribution in [0, 0.1) is 5.82 Å². The van der Waals surface area contributed by atoms with E-state index in [-0.39, 0.29) is 10.8 Å². The average molecular weight is 386 g/mol. The van der Waals surface area contributed by atoms with Gasteiger partial charge < -0.3 is 15.4 Å². The molecule has 3 rings (SSSR count). The second kappa shape index (κ2) is 7.96. The lowest BCUT2D eigenvalue weighted by molar-refractivity contribution is -0.119. The highest BCUT2D eigenvalue weighted by atomic mass is 32.1. The van der Waals surface area contributed by atoms with Crippen LogP contribution in [-0.4, -0.2) is 24.4 Å². The summed E-state index contributed by atoms with van der Waals surface area (Å²) in [5.41, 5.74) is 1.10. The molecule has 8 heteroatoms. The van der Waals surface area contributed by atoms with Gasteiger partial charge in [0.05, 0.1) is 0 Å². The van der Waals surface area contributed by atoms with Crippen LogP contribution in [0.4, 0.5) is 15.8 Å². The van der Waals surface area contributed by atoms with E-state index >= 15 is 0 Å². The Bertz CT molecular complexity index is 1010. The van der Waals surface area contributed by atoms with Gasteiger partial charge in [0, 0.05) is 28.4 Å². The number of benzene rings is 2. The molecule has 1 heterocycles. The second-order valence-electron chi connectivity index (χ2n) is 5.65. The van der Waals surface area contributed by atoms with Crippen molar-refractivity contribution in [2.45, 2.75) is 6.92 Å². The minimum atomic E-state index is -0.688. The van der Waals surface area contributed by atoms with E-state index in [1.54, 1.807) is 36.4 Å². The first kappa shape index (κ1) is 18.5. The zero-order valence-corrected chi connectivity index (χ0v) is 15.1. The molecule has 1 aromatic heterocycles. The summed E-state index contributed by atoms with van der Waals surface area (Å²) in [6.45, 7) is 0.929. The van der Waals surface area contributed by atoms with Crippen LogP contribution in [0.15, 0.2) is 48.5 Å². The number of thiophene rings is 1. The number of halogens is 1. The summed E-state index contributed by atoms with van der Waals surface area (Å²) in [5.74, 6) is -1.81. The van der Waals surface area contributed by atoms with Gasteiger partial charge >= 0.3 is 5.97 Å². The number of nitrogens with one attached hydrogen (secondary N) is 2. The third-order valence-electron chi connectivity index (χ3n) is 3.53. The molecule has 2 amide bonds. The minimum Gasteiger partial charge on any atom is -0.451 e. The van der Waals surface area contributed by atoms with Crippen LogP contribution in [0.25, 0.3) is 10.1 Å². The summed E-state index contributed by atoms with van der Waals surface area (Å²) in [5, 5.41) is 5.54. The molecule has 0 fully saturated rings. The largest absolute Gasteiger partial charge is 0.451 e. The number of hydrogen-bond acceptors (Lipinski definition) is 5. The fourth-order valence-electron chi connectivity index (χ4n) is 2.37. The van der Waals surface area contributed by atoms with Crippen LogP contribution in [0.2, 0.25) is 0 Å². The number of amides is 2. The van der Waals surface area contributed by atoms with Crippen molar-refractivity contribution in [1.29, 1.82) is 0 Å². The van der Waals surface area contributed by atoms with Gasteiger partial charge in [-0.2, -0.15) is 0 Å². The predicted octanol–water partition coefficient (Wildman–Crippen LogP) is 3.79. The zero-order valence-electron chi connectivity index (χ0n) is 14.2. The van der Waals surface area contributed by atoms with Crippen molar-refractivity contribution >= 4 is 50.6 Å². The molecule has 138 valence electrons. The maximum Gasteiger partial charge on any atom is 0.348 e. The molecule has 0 aliphatic heterocycles. The van der Waals surface area contributed by atoms with Gasteiger partial charge in [-0.15, -0.1) is 11.3 Å². The summed E-state index contributed by atoms with van der Waals surface area (Å²) in [6.07, 6.45) is 0. The van der Waals surface area contributed by atoms with E-state index in [0.717, 1.165) is 11.3 Å². The van der Waals surface area contributed by atoms with Crippen molar-refractivity contribution in [2.24, 2.45) is 0 Å². The normalized spacial score (nSPS) is 10.4. The van der Waals surface area contributed by atoms with Gasteiger partial charge in [-0.3, -0.25) is 9.59 Å². The van der Waals surface area contributed by atoms with E-state index in [9.17, 15) is 18.8 Å². The van der Waals surface area contributed by atoms with E-state index in [1.165, 1.54) is 19.1 Å². The van der Waals surface area contributed by atoms with Crippen LogP contribution in [-0.2, 0) is 14.3 Å². The molecule has 0 spiro atoms. The number of anilines is 2. The first-order valence-corrected chi connectivity index (χ1v) is 8.77. The summed E-state index contributed by atoms with van der Waals surface area (Å²) >= 11 is 1.10. The molecule has 0 aliphatic carbocycles. The lowest BCUT2D eigenvalue weighted by Gasteiger charge is -2.07. The number of esters is 1. The summed E-state index contributed by atoms with van der Waals surface area (Å²) in [7, 11) is 0. The molecule has 0 aliphatic rings. The van der Waals surface area contributed by atoms with Crippen LogP contribution in [0.1, 0.15) is 16.6 Å². The molecule has 0 bridgehead atoms. The quantitative estimate of drug-likeness (QED) is 0.654. The lowest BCUT2D eigenvalue weighted by atomic mass is 10.2. The molecule has 27 heavy (non-hydrogen) atoms. The van der Waals surface area contributed by atoms with Gasteiger partial charge in [0.15, 0.2) is 6.61 Å². The number of rotatable bonds is 5. The second-order valence-corrected chi connectivity index (χ2v) is 6.73. The summed E-state index contributed by atoms with van der Waals surface area (Å²) in [6, 6.07) is 12.5. The van der Waals surface area contributed by atoms with Crippen LogP contribution in [0.3, 0.4) is 0 Å². The topological polar surface area (TPSA) is 84.5 Å². The summed E-state index contributed by atoms with van der Waals surface area (Å²) < 4.78 is 19.3. The highest BCUT2D eigenvalue weighted by molar-refractivity contribution is 7.20. The van der Waals surface area contributed by atoms with Crippen LogP contribution < -0.4 is 10.6 Å². The van der Waals surface area contributed by atoms with Gasteiger partial charge in [0.25, 0.3) is 5.91 Å². The van der Waals surface area contributed by atoms with Gasteiger partial charge in [-0.25, -0.2) is 9.18 Å². The van der Waals surface area contributed by atoms with E-state index in [2.05, 4.69) is 10.6 Å². The predicted molar refractivity (Wildman–Crippen MR) is 101 cm³/mol. The van der Waals surface area contributed by atoms with Crippen molar-refractivity contribution in [3.63, 3.8) is 0 Å². The molecular formula is C19H15FN2O4S. The molecule has 3 aromatic rings. The Labute approximate surface area is 157 Å². The standard InChI is InChI=1S/C19H15FN2O4S/c1-11(23)21-12-5-7-13(8-6-12)22-18(24)10-26-19(25)17-9-14-15(20)3-2-4-16(14)27-17/h2-9H,10H2,1H3,(H,21,23)(H,22,24). The first-order chi connectivity index (χ1) is 12.9. The van der Waals surface area contributed by atoms with Gasteiger partial charge in [0.1, 0.15) is 10.7 Å². The Kier molecular flexibility index (Phi) is 5.46. The maximum absolute atomic E-state index is 13.7. The zero-order chi connectivity index (χ0) is 19.4. The fourth-order valence-corrected chi connectivity index (χ4v) is 3.33. The van der Waals surface area contributed by atoms with Gasteiger partial charge in [-0.1, -0.05) is 6.07 Å². The molecule has 0 unspecified atom stereocenters. The third-order valence-corrected chi connectivity index (χ3v) is 4.61. The Balaban J connectivity index is 1.55. The van der Waals surface area contributed by atoms with E-state index in [0.29, 0.717) is 21.5 Å². The SMILES string of the molecule is CC(=O)Nc1ccc(NC(=O)COC(=O)c2cc3c(F)cccc3s2)cc1. The Morgan fingerprint density at radius 3 is 2.33 bits per heavy atom. The minimum absolute atomic E-state index is 0.195. The fraction of sp³-hybridized carbons (Fsp3) is 0.105. The van der Waals surface area contributed by atoms with Crippen molar-refractivity contribution < 1.29 is 23.5 Å². The summed E-state index contributed by atoms with van der Waals surface area (Å²) in [4.78, 5) is 35.2. The molecule has 6 nitrogen and oxygen atoms in total. The van der Waals surface area contributed by atoms with E-state index in [1.807, 2.05) is 0 Å². The Morgan fingerprint density at radius 2 is 1.70 bits per heavy atom. The van der Waals surface area contributed by atoms with Crippen molar-refractivity contribution in [3.05, 3.63) is 59.2 Å². The Hall–Kier alpha value is -3.26. The van der Waals surface area contributed by atoms with Crippen LogP contribution in [0.5, 0.6) is 0 Å². The van der Waals surface area contributed by atoms with Gasteiger partial charge in [-0.05, 0) is 42.5 Å². The molecular weight excluding hydrogens is 371 g/mol. The average Bonchev–Trinajstić information content (AvgIpc) is 3.07. The van der Waals surface area contributed by atoms with E-state index in [4.69, 9.17) is 4.74 Å². The third kappa shape index (κ3) is 4.68. The van der Waals surface area contributed by atoms with Crippen molar-refractivity contribution in [3.8, 4) is 0 Å². The maximum atomic E-state index is 13.7. The van der Waals surface area contributed by atoms with Crippen molar-refractivity contribution in [1.82, 2.24) is 0 Å². The molecule has 0 saturated carbocycles. The highest BCUT2D eigenvalue weighted by Crippen LogP contribution is 2.28. The van der Waals surface area contributed by atoms with E-state index < -0.39 is 24.3 Å². The molecule has 2 N–H and O–H groups in total. The molecule has 0 atom stereocenters. The lowest BCUT2D eigenvalue weighted by Crippen LogP contribution is -2.20.